The Hall–Kier alpha value is -1.72. The molecule has 0 saturated heterocycles. The van der Waals surface area contributed by atoms with Crippen molar-refractivity contribution < 1.29 is 23.0 Å². The van der Waals surface area contributed by atoms with Crippen LogP contribution in [-0.4, -0.2) is 12.2 Å². The zero-order chi connectivity index (χ0) is 14.9. The maximum absolute atomic E-state index is 13.8. The minimum absolute atomic E-state index is 0.0818. The summed E-state index contributed by atoms with van der Waals surface area (Å²) in [5.41, 5.74) is -0.336. The molecule has 20 heavy (non-hydrogen) atoms. The lowest BCUT2D eigenvalue weighted by Gasteiger charge is -2.17. The van der Waals surface area contributed by atoms with Crippen LogP contribution in [0.15, 0.2) is 30.3 Å². The van der Waals surface area contributed by atoms with Crippen molar-refractivity contribution in [3.05, 3.63) is 63.9 Å². The lowest BCUT2D eigenvalue weighted by molar-refractivity contribution is 0.208. The Bertz CT molecular complexity index is 647. The van der Waals surface area contributed by atoms with Crippen molar-refractivity contribution in [2.45, 2.75) is 6.10 Å². The van der Waals surface area contributed by atoms with E-state index in [9.17, 15) is 18.3 Å². The van der Waals surface area contributed by atoms with Gasteiger partial charge in [-0.05, 0) is 24.3 Å². The third-order valence-corrected chi connectivity index (χ3v) is 3.17. The van der Waals surface area contributed by atoms with Crippen molar-refractivity contribution >= 4 is 11.6 Å². The zero-order valence-electron chi connectivity index (χ0n) is 10.3. The highest BCUT2D eigenvalue weighted by molar-refractivity contribution is 6.31. The average molecular weight is 303 g/mol. The van der Waals surface area contributed by atoms with E-state index in [0.29, 0.717) is 0 Å². The number of ether oxygens (including phenoxy) is 1. The first-order chi connectivity index (χ1) is 9.45. The van der Waals surface area contributed by atoms with Crippen molar-refractivity contribution in [2.24, 2.45) is 0 Å². The topological polar surface area (TPSA) is 29.5 Å². The molecule has 2 nitrogen and oxygen atoms in total. The van der Waals surface area contributed by atoms with Gasteiger partial charge in [-0.15, -0.1) is 0 Å². The molecule has 2 aromatic rings. The third-order valence-electron chi connectivity index (χ3n) is 2.84. The Morgan fingerprint density at radius 1 is 1.10 bits per heavy atom. The van der Waals surface area contributed by atoms with Gasteiger partial charge in [0.15, 0.2) is 11.6 Å². The Morgan fingerprint density at radius 3 is 2.40 bits per heavy atom. The van der Waals surface area contributed by atoms with Gasteiger partial charge in [-0.2, -0.15) is 0 Å². The van der Waals surface area contributed by atoms with Crippen molar-refractivity contribution in [2.75, 3.05) is 7.11 Å². The summed E-state index contributed by atoms with van der Waals surface area (Å²) in [4.78, 5) is 0. The molecule has 2 aromatic carbocycles. The molecule has 0 fully saturated rings. The number of aliphatic hydroxyl groups is 1. The van der Waals surface area contributed by atoms with Crippen LogP contribution < -0.4 is 4.74 Å². The molecule has 6 heteroatoms. The average Bonchev–Trinajstić information content (AvgIpc) is 2.41. The molecule has 0 spiro atoms. The maximum Gasteiger partial charge on any atom is 0.160 e. The molecule has 0 aliphatic heterocycles. The van der Waals surface area contributed by atoms with Gasteiger partial charge in [0.05, 0.1) is 12.7 Å². The van der Waals surface area contributed by atoms with Crippen LogP contribution in [0.25, 0.3) is 0 Å². The third kappa shape index (κ3) is 2.59. The second-order valence-electron chi connectivity index (χ2n) is 4.05. The molecule has 0 aliphatic rings. The van der Waals surface area contributed by atoms with Crippen LogP contribution in [0.1, 0.15) is 17.2 Å². The van der Waals surface area contributed by atoms with Gasteiger partial charge in [-0.25, -0.2) is 13.2 Å². The fraction of sp³-hybridized carbons (Fsp3) is 0.143. The highest BCUT2D eigenvalue weighted by Gasteiger charge is 2.23. The molecule has 0 aromatic heterocycles. The quantitative estimate of drug-likeness (QED) is 0.873. The molecule has 0 aliphatic carbocycles. The monoisotopic (exact) mass is 302 g/mol. The van der Waals surface area contributed by atoms with Crippen molar-refractivity contribution in [3.8, 4) is 5.75 Å². The first-order valence-electron chi connectivity index (χ1n) is 5.60. The van der Waals surface area contributed by atoms with E-state index in [-0.39, 0.29) is 21.9 Å². The van der Waals surface area contributed by atoms with Crippen LogP contribution in [0, 0.1) is 17.5 Å². The van der Waals surface area contributed by atoms with Gasteiger partial charge in [-0.1, -0.05) is 17.7 Å². The molecule has 0 amide bonds. The molecule has 1 atom stereocenters. The fourth-order valence-corrected chi connectivity index (χ4v) is 2.12. The molecule has 0 bridgehead atoms. The van der Waals surface area contributed by atoms with Crippen LogP contribution >= 0.6 is 11.6 Å². The number of methoxy groups -OCH3 is 1. The number of benzene rings is 2. The fourth-order valence-electron chi connectivity index (χ4n) is 1.86. The molecule has 1 N–H and O–H groups in total. The summed E-state index contributed by atoms with van der Waals surface area (Å²) in [5.74, 6) is -2.99. The molecular weight excluding hydrogens is 293 g/mol. The van der Waals surface area contributed by atoms with Crippen LogP contribution in [-0.2, 0) is 0 Å². The smallest absolute Gasteiger partial charge is 0.160 e. The summed E-state index contributed by atoms with van der Waals surface area (Å²) in [6, 6.07) is 5.42. The standard InChI is InChI=1S/C14H10ClF3O2/c1-20-12-4-2-3-9(16)13(12)14(19)7-5-10(17)11(18)6-8(7)15/h2-6,14,19H,1H3. The number of halogens is 4. The predicted octanol–water partition coefficient (Wildman–Crippen LogP) is 3.85. The Balaban J connectivity index is 2.57. The SMILES string of the molecule is COc1cccc(F)c1C(O)c1cc(F)c(F)cc1Cl. The molecule has 2 rings (SSSR count). The molecule has 1 unspecified atom stereocenters. The number of hydrogen-bond donors (Lipinski definition) is 1. The maximum atomic E-state index is 13.8. The zero-order valence-corrected chi connectivity index (χ0v) is 11.1. The predicted molar refractivity (Wildman–Crippen MR) is 68.4 cm³/mol. The van der Waals surface area contributed by atoms with Gasteiger partial charge in [0.1, 0.15) is 17.7 Å². The van der Waals surface area contributed by atoms with Crippen molar-refractivity contribution in [1.82, 2.24) is 0 Å². The molecule has 0 saturated carbocycles. The summed E-state index contributed by atoms with van der Waals surface area (Å²) in [6.45, 7) is 0. The summed E-state index contributed by atoms with van der Waals surface area (Å²) in [7, 11) is 1.30. The van der Waals surface area contributed by atoms with Gasteiger partial charge in [0.2, 0.25) is 0 Å². The Morgan fingerprint density at radius 2 is 1.75 bits per heavy atom. The van der Waals surface area contributed by atoms with E-state index >= 15 is 0 Å². The molecule has 106 valence electrons. The minimum Gasteiger partial charge on any atom is -0.496 e. The van der Waals surface area contributed by atoms with E-state index in [1.54, 1.807) is 0 Å². The molecular formula is C14H10ClF3O2. The summed E-state index contributed by atoms with van der Waals surface area (Å²) >= 11 is 5.76. The van der Waals surface area contributed by atoms with Crippen molar-refractivity contribution in [1.29, 1.82) is 0 Å². The van der Waals surface area contributed by atoms with E-state index in [4.69, 9.17) is 16.3 Å². The number of aliphatic hydroxyl groups excluding tert-OH is 1. The highest BCUT2D eigenvalue weighted by Crippen LogP contribution is 2.35. The van der Waals surface area contributed by atoms with Crippen molar-refractivity contribution in [3.63, 3.8) is 0 Å². The lowest BCUT2D eigenvalue weighted by atomic mass is 9.99. The number of rotatable bonds is 3. The van der Waals surface area contributed by atoms with E-state index in [2.05, 4.69) is 0 Å². The lowest BCUT2D eigenvalue weighted by Crippen LogP contribution is -2.07. The van der Waals surface area contributed by atoms with Crippen LogP contribution in [0.3, 0.4) is 0 Å². The van der Waals surface area contributed by atoms with Crippen LogP contribution in [0.4, 0.5) is 13.2 Å². The number of hydrogen-bond acceptors (Lipinski definition) is 2. The minimum atomic E-state index is -1.58. The van der Waals surface area contributed by atoms with E-state index in [1.807, 2.05) is 0 Å². The van der Waals surface area contributed by atoms with Gasteiger partial charge in [0, 0.05) is 10.6 Å². The Labute approximate surface area is 118 Å². The molecule has 0 radical (unpaired) electrons. The van der Waals surface area contributed by atoms with Crippen LogP contribution in [0.5, 0.6) is 5.75 Å². The summed E-state index contributed by atoms with van der Waals surface area (Å²) in [6.07, 6.45) is -1.58. The van der Waals surface area contributed by atoms with Gasteiger partial charge < -0.3 is 9.84 Å². The second-order valence-corrected chi connectivity index (χ2v) is 4.45. The highest BCUT2D eigenvalue weighted by atomic mass is 35.5. The first-order valence-corrected chi connectivity index (χ1v) is 5.98. The second kappa shape index (κ2) is 5.73. The molecule has 0 heterocycles. The Kier molecular flexibility index (Phi) is 4.20. The first kappa shape index (κ1) is 14.7. The van der Waals surface area contributed by atoms with E-state index in [1.165, 1.54) is 19.2 Å². The van der Waals surface area contributed by atoms with Gasteiger partial charge in [0.25, 0.3) is 0 Å². The van der Waals surface area contributed by atoms with Crippen LogP contribution in [0.2, 0.25) is 5.02 Å². The summed E-state index contributed by atoms with van der Waals surface area (Å²) in [5, 5.41) is 9.98. The van der Waals surface area contributed by atoms with Gasteiger partial charge >= 0.3 is 0 Å². The largest absolute Gasteiger partial charge is 0.496 e. The van der Waals surface area contributed by atoms with E-state index in [0.717, 1.165) is 18.2 Å². The summed E-state index contributed by atoms with van der Waals surface area (Å²) < 4.78 is 45.0. The van der Waals surface area contributed by atoms with E-state index < -0.39 is 23.6 Å². The van der Waals surface area contributed by atoms with Gasteiger partial charge in [-0.3, -0.25) is 0 Å². The normalized spacial score (nSPS) is 12.3.